The maximum absolute atomic E-state index is 12.9. The number of aryl methyl sites for hydroxylation is 2. The van der Waals surface area contributed by atoms with E-state index in [-0.39, 0.29) is 5.91 Å². The summed E-state index contributed by atoms with van der Waals surface area (Å²) >= 11 is 0. The number of amides is 1. The zero-order valence-electron chi connectivity index (χ0n) is 15.9. The molecular formula is C21H25N5O. The first-order chi connectivity index (χ1) is 13.2. The summed E-state index contributed by atoms with van der Waals surface area (Å²) in [6.07, 6.45) is 1.91. The van der Waals surface area contributed by atoms with Crippen LogP contribution >= 0.6 is 0 Å². The van der Waals surface area contributed by atoms with Crippen LogP contribution in [0, 0.1) is 6.92 Å². The molecule has 1 aliphatic rings. The predicted octanol–water partition coefficient (Wildman–Crippen LogP) is 3.48. The van der Waals surface area contributed by atoms with Crippen LogP contribution in [0.4, 0.5) is 5.69 Å². The van der Waals surface area contributed by atoms with Crippen LogP contribution in [0.2, 0.25) is 0 Å². The van der Waals surface area contributed by atoms with Gasteiger partial charge < -0.3 is 10.2 Å². The molecule has 2 heterocycles. The van der Waals surface area contributed by atoms with E-state index in [0.29, 0.717) is 11.6 Å². The molecule has 140 valence electrons. The average Bonchev–Trinajstić information content (AvgIpc) is 3.12. The Morgan fingerprint density at radius 2 is 1.96 bits per heavy atom. The lowest BCUT2D eigenvalue weighted by Crippen LogP contribution is -2.42. The van der Waals surface area contributed by atoms with E-state index < -0.39 is 0 Å². The topological polar surface area (TPSA) is 63.1 Å². The van der Waals surface area contributed by atoms with Crippen molar-refractivity contribution >= 4 is 22.6 Å². The number of rotatable bonds is 4. The lowest BCUT2D eigenvalue weighted by atomic mass is 10.0. The number of carbonyl (C=O) groups excluding carboxylic acids is 1. The van der Waals surface area contributed by atoms with E-state index in [9.17, 15) is 4.79 Å². The smallest absolute Gasteiger partial charge is 0.253 e. The van der Waals surface area contributed by atoms with Crippen LogP contribution in [0.5, 0.6) is 0 Å². The minimum absolute atomic E-state index is 0.0808. The second-order valence-corrected chi connectivity index (χ2v) is 7.13. The molecule has 0 atom stereocenters. The molecule has 1 saturated heterocycles. The number of nitrogens with one attached hydrogen (secondary N) is 1. The number of para-hydroxylation sites is 1. The number of aromatic nitrogens is 3. The van der Waals surface area contributed by atoms with E-state index in [2.05, 4.69) is 46.8 Å². The zero-order valence-corrected chi connectivity index (χ0v) is 15.9. The first kappa shape index (κ1) is 17.5. The van der Waals surface area contributed by atoms with Crippen LogP contribution in [0.1, 0.15) is 35.7 Å². The Morgan fingerprint density at radius 3 is 2.70 bits per heavy atom. The van der Waals surface area contributed by atoms with Gasteiger partial charge in [0.1, 0.15) is 5.52 Å². The van der Waals surface area contributed by atoms with E-state index >= 15 is 0 Å². The fraction of sp³-hybridized carbons (Fsp3) is 0.381. The molecule has 3 aromatic rings. The normalized spacial score (nSPS) is 15.3. The van der Waals surface area contributed by atoms with E-state index in [0.717, 1.165) is 43.5 Å². The Labute approximate surface area is 159 Å². The van der Waals surface area contributed by atoms with Gasteiger partial charge in [0, 0.05) is 36.9 Å². The minimum atomic E-state index is 0.0808. The zero-order chi connectivity index (χ0) is 18.8. The second-order valence-electron chi connectivity index (χ2n) is 7.13. The van der Waals surface area contributed by atoms with Gasteiger partial charge in [-0.25, -0.2) is 4.68 Å². The molecule has 0 aliphatic carbocycles. The molecule has 0 saturated carbocycles. The van der Waals surface area contributed by atoms with Crippen molar-refractivity contribution in [3.05, 3.63) is 53.6 Å². The van der Waals surface area contributed by atoms with E-state index in [1.807, 2.05) is 34.7 Å². The third kappa shape index (κ3) is 3.52. The monoisotopic (exact) mass is 363 g/mol. The molecule has 27 heavy (non-hydrogen) atoms. The third-order valence-electron chi connectivity index (χ3n) is 5.35. The first-order valence-corrected chi connectivity index (χ1v) is 9.60. The maximum atomic E-state index is 12.9. The number of hydrogen-bond acceptors (Lipinski definition) is 4. The van der Waals surface area contributed by atoms with Gasteiger partial charge in [-0.05, 0) is 56.5 Å². The maximum Gasteiger partial charge on any atom is 0.253 e. The van der Waals surface area contributed by atoms with Crippen molar-refractivity contribution in [2.24, 2.45) is 0 Å². The highest BCUT2D eigenvalue weighted by Gasteiger charge is 2.24. The van der Waals surface area contributed by atoms with Crippen molar-refractivity contribution in [3.63, 3.8) is 0 Å². The van der Waals surface area contributed by atoms with Gasteiger partial charge in [0.25, 0.3) is 5.91 Å². The van der Waals surface area contributed by atoms with E-state index in [1.165, 1.54) is 11.3 Å². The molecule has 1 aromatic heterocycles. The third-order valence-corrected chi connectivity index (χ3v) is 5.35. The van der Waals surface area contributed by atoms with Crippen molar-refractivity contribution in [1.29, 1.82) is 0 Å². The minimum Gasteiger partial charge on any atom is -0.382 e. The molecular weight excluding hydrogens is 338 g/mol. The summed E-state index contributed by atoms with van der Waals surface area (Å²) in [7, 11) is 0. The number of fused-ring (bicyclic) bond motifs is 1. The summed E-state index contributed by atoms with van der Waals surface area (Å²) in [5, 5.41) is 11.9. The molecule has 1 aliphatic heterocycles. The summed E-state index contributed by atoms with van der Waals surface area (Å²) in [5.74, 6) is 0.0808. The van der Waals surface area contributed by atoms with Gasteiger partial charge in [0.2, 0.25) is 0 Å². The van der Waals surface area contributed by atoms with Gasteiger partial charge in [0.15, 0.2) is 0 Å². The van der Waals surface area contributed by atoms with Gasteiger partial charge in [-0.1, -0.05) is 23.4 Å². The molecule has 1 amide bonds. The van der Waals surface area contributed by atoms with Crippen LogP contribution in [-0.4, -0.2) is 44.9 Å². The number of anilines is 1. The Hall–Kier alpha value is -2.89. The molecule has 0 spiro atoms. The molecule has 6 nitrogen and oxygen atoms in total. The van der Waals surface area contributed by atoms with Crippen LogP contribution in [-0.2, 0) is 6.54 Å². The summed E-state index contributed by atoms with van der Waals surface area (Å²) in [5.41, 5.74) is 4.88. The van der Waals surface area contributed by atoms with Crippen LogP contribution in [0.15, 0.2) is 42.5 Å². The highest BCUT2D eigenvalue weighted by molar-refractivity contribution is 5.97. The number of piperidine rings is 1. The van der Waals surface area contributed by atoms with Crippen molar-refractivity contribution in [2.45, 2.75) is 39.3 Å². The van der Waals surface area contributed by atoms with Crippen molar-refractivity contribution in [1.82, 2.24) is 19.9 Å². The lowest BCUT2D eigenvalue weighted by molar-refractivity contribution is 0.0718. The van der Waals surface area contributed by atoms with Gasteiger partial charge in [0.05, 0.1) is 5.52 Å². The largest absolute Gasteiger partial charge is 0.382 e. The fourth-order valence-electron chi connectivity index (χ4n) is 3.70. The Morgan fingerprint density at radius 1 is 1.19 bits per heavy atom. The Bertz CT molecular complexity index is 956. The predicted molar refractivity (Wildman–Crippen MR) is 107 cm³/mol. The molecule has 6 heteroatoms. The van der Waals surface area contributed by atoms with Crippen LogP contribution in [0.3, 0.4) is 0 Å². The molecule has 1 fully saturated rings. The second kappa shape index (κ2) is 7.39. The number of likely N-dealkylation sites (tertiary alicyclic amines) is 1. The van der Waals surface area contributed by atoms with E-state index in [1.54, 1.807) is 0 Å². The highest BCUT2D eigenvalue weighted by Crippen LogP contribution is 2.21. The molecule has 4 rings (SSSR count). The molecule has 1 N–H and O–H groups in total. The highest BCUT2D eigenvalue weighted by atomic mass is 16.2. The quantitative estimate of drug-likeness (QED) is 0.771. The molecule has 2 aromatic carbocycles. The summed E-state index contributed by atoms with van der Waals surface area (Å²) in [6, 6.07) is 14.4. The van der Waals surface area contributed by atoms with Crippen LogP contribution in [0.25, 0.3) is 11.0 Å². The number of hydrogen-bond donors (Lipinski definition) is 1. The standard InChI is InChI=1S/C21H25N5O/c1-3-26-20-9-8-16(14-19(20)23-24-26)21(27)25-12-10-17(11-13-25)22-18-7-5-4-6-15(18)2/h4-9,14,17,22H,3,10-13H2,1-2H3. The SMILES string of the molecule is CCn1nnc2cc(C(=O)N3CCC(Nc4ccccc4C)CC3)ccc21. The Balaban J connectivity index is 1.40. The van der Waals surface area contributed by atoms with Gasteiger partial charge in [-0.2, -0.15) is 0 Å². The van der Waals surface area contributed by atoms with Crippen molar-refractivity contribution in [2.75, 3.05) is 18.4 Å². The van der Waals surface area contributed by atoms with E-state index in [4.69, 9.17) is 0 Å². The average molecular weight is 363 g/mol. The first-order valence-electron chi connectivity index (χ1n) is 9.60. The molecule has 0 unspecified atom stereocenters. The van der Waals surface area contributed by atoms with Crippen molar-refractivity contribution in [3.8, 4) is 0 Å². The number of benzene rings is 2. The number of carbonyl (C=O) groups is 1. The van der Waals surface area contributed by atoms with Gasteiger partial charge in [-0.3, -0.25) is 4.79 Å². The fourth-order valence-corrected chi connectivity index (χ4v) is 3.70. The number of nitrogens with zero attached hydrogens (tertiary/aromatic N) is 4. The summed E-state index contributed by atoms with van der Waals surface area (Å²) in [6.45, 7) is 6.45. The van der Waals surface area contributed by atoms with Crippen molar-refractivity contribution < 1.29 is 4.79 Å². The Kier molecular flexibility index (Phi) is 4.79. The van der Waals surface area contributed by atoms with Crippen LogP contribution < -0.4 is 5.32 Å². The summed E-state index contributed by atoms with van der Waals surface area (Å²) in [4.78, 5) is 14.8. The summed E-state index contributed by atoms with van der Waals surface area (Å²) < 4.78 is 1.84. The lowest BCUT2D eigenvalue weighted by Gasteiger charge is -2.33. The molecule has 0 bridgehead atoms. The van der Waals surface area contributed by atoms with Gasteiger partial charge >= 0.3 is 0 Å². The molecule has 0 radical (unpaired) electrons. The van der Waals surface area contributed by atoms with Gasteiger partial charge in [-0.15, -0.1) is 5.10 Å².